The number of carboxylic acid groups (broad SMARTS) is 1. The zero-order valence-electron chi connectivity index (χ0n) is 18.9. The molecule has 0 saturated heterocycles. The number of hydrogen-bond donors (Lipinski definition) is 2. The molecule has 0 spiro atoms. The fraction of sp³-hybridized carbons (Fsp3) is 0.333. The fourth-order valence-electron chi connectivity index (χ4n) is 3.31. The number of carboxylic acids is 1. The number of aromatic nitrogens is 1. The van der Waals surface area contributed by atoms with Gasteiger partial charge in [-0.25, -0.2) is 9.59 Å². The highest BCUT2D eigenvalue weighted by molar-refractivity contribution is 6.35. The summed E-state index contributed by atoms with van der Waals surface area (Å²) in [4.78, 5) is 30.1. The second kappa shape index (κ2) is 10.0. The number of carbonyl (C=O) groups is 2. The van der Waals surface area contributed by atoms with Gasteiger partial charge in [-0.05, 0) is 57.0 Å². The van der Waals surface area contributed by atoms with Crippen molar-refractivity contribution < 1.29 is 29.0 Å². The first-order valence-electron chi connectivity index (χ1n) is 10.4. The van der Waals surface area contributed by atoms with Crippen LogP contribution in [0.15, 0.2) is 48.5 Å². The predicted octanol–water partition coefficient (Wildman–Crippen LogP) is 4.57. The molecule has 0 aliphatic carbocycles. The van der Waals surface area contributed by atoms with Gasteiger partial charge in [-0.15, -0.1) is 0 Å². The number of nitrogens with one attached hydrogen (secondary N) is 1. The average Bonchev–Trinajstić information content (AvgIpc) is 3.11. The highest BCUT2D eigenvalue weighted by Crippen LogP contribution is 2.26. The molecule has 33 heavy (non-hydrogen) atoms. The monoisotopic (exact) mass is 474 g/mol. The number of benzene rings is 2. The molecule has 0 bridgehead atoms. The van der Waals surface area contributed by atoms with Gasteiger partial charge in [-0.1, -0.05) is 35.9 Å². The zero-order chi connectivity index (χ0) is 24.2. The van der Waals surface area contributed by atoms with Crippen molar-refractivity contribution in [1.29, 1.82) is 0 Å². The number of fused-ring (bicyclic) bond motifs is 1. The Labute approximate surface area is 197 Å². The van der Waals surface area contributed by atoms with Crippen LogP contribution in [0.25, 0.3) is 10.9 Å². The average molecular weight is 475 g/mol. The van der Waals surface area contributed by atoms with Crippen LogP contribution in [0, 0.1) is 0 Å². The van der Waals surface area contributed by atoms with Crippen molar-refractivity contribution in [3.05, 3.63) is 64.8 Å². The molecule has 0 fully saturated rings. The highest BCUT2D eigenvalue weighted by Gasteiger charge is 2.23. The second-order valence-electron chi connectivity index (χ2n) is 8.50. The summed E-state index contributed by atoms with van der Waals surface area (Å²) in [6, 6.07) is 13.5. The number of carbonyl (C=O) groups excluding carboxylic acids is 1. The van der Waals surface area contributed by atoms with Crippen molar-refractivity contribution in [1.82, 2.24) is 10.0 Å². The van der Waals surface area contributed by atoms with Gasteiger partial charge in [0, 0.05) is 5.39 Å². The summed E-state index contributed by atoms with van der Waals surface area (Å²) in [6.45, 7) is 5.29. The lowest BCUT2D eigenvalue weighted by Gasteiger charge is -2.24. The third-order valence-corrected chi connectivity index (χ3v) is 5.02. The number of halogens is 1. The number of hydrogen-bond acceptors (Lipinski definition) is 5. The van der Waals surface area contributed by atoms with Crippen molar-refractivity contribution >= 4 is 34.6 Å². The molecule has 1 atom stereocenters. The minimum atomic E-state index is -1.16. The van der Waals surface area contributed by atoms with E-state index < -0.39 is 23.7 Å². The number of para-hydroxylation sites is 1. The number of aromatic carboxylic acids is 1. The molecule has 1 amide bonds. The first-order valence-corrected chi connectivity index (χ1v) is 10.7. The van der Waals surface area contributed by atoms with Crippen molar-refractivity contribution in [3.63, 3.8) is 0 Å². The Bertz CT molecular complexity index is 1130. The Morgan fingerprint density at radius 2 is 1.85 bits per heavy atom. The van der Waals surface area contributed by atoms with E-state index in [0.717, 1.165) is 5.56 Å². The van der Waals surface area contributed by atoms with E-state index in [1.807, 2.05) is 24.3 Å². The lowest BCUT2D eigenvalue weighted by molar-refractivity contribution is 0.0405. The molecule has 2 N–H and O–H groups in total. The zero-order valence-corrected chi connectivity index (χ0v) is 19.7. The summed E-state index contributed by atoms with van der Waals surface area (Å²) >= 11 is 6.32. The number of amides is 1. The molecule has 8 nitrogen and oxygen atoms in total. The summed E-state index contributed by atoms with van der Waals surface area (Å²) in [5.41, 5.74) is 0.626. The molecule has 0 aliphatic rings. The van der Waals surface area contributed by atoms with Gasteiger partial charge in [0.05, 0.1) is 18.2 Å². The van der Waals surface area contributed by atoms with E-state index in [2.05, 4.69) is 5.32 Å². The quantitative estimate of drug-likeness (QED) is 0.496. The maximum absolute atomic E-state index is 12.4. The van der Waals surface area contributed by atoms with E-state index in [1.54, 1.807) is 46.1 Å². The van der Waals surface area contributed by atoms with E-state index in [1.165, 1.54) is 10.8 Å². The normalized spacial score (nSPS) is 12.3. The molecule has 1 heterocycles. The Hall–Kier alpha value is -3.39. The molecular weight excluding hydrogens is 448 g/mol. The number of methoxy groups -OCH3 is 1. The number of nitrogens with zero attached hydrogens (tertiary/aromatic N) is 1. The molecule has 1 unspecified atom stereocenters. The van der Waals surface area contributed by atoms with Crippen LogP contribution in [-0.2, 0) is 11.2 Å². The Balaban J connectivity index is 1.85. The van der Waals surface area contributed by atoms with Crippen LogP contribution in [0.4, 0.5) is 4.79 Å². The molecule has 0 saturated carbocycles. The lowest BCUT2D eigenvalue weighted by Crippen LogP contribution is -2.44. The van der Waals surface area contributed by atoms with Crippen LogP contribution in [0.3, 0.4) is 0 Å². The number of alkyl carbamates (subject to hydrolysis) is 1. The van der Waals surface area contributed by atoms with Crippen LogP contribution in [-0.4, -0.2) is 47.3 Å². The molecule has 9 heteroatoms. The molecule has 2 aromatic carbocycles. The van der Waals surface area contributed by atoms with E-state index in [4.69, 9.17) is 25.9 Å². The van der Waals surface area contributed by atoms with Gasteiger partial charge in [0.25, 0.3) is 0 Å². The van der Waals surface area contributed by atoms with Gasteiger partial charge in [0.2, 0.25) is 0 Å². The van der Waals surface area contributed by atoms with E-state index >= 15 is 0 Å². The standard InChI is InChI=1S/C24H27ClN2O6/c1-24(2,3)33-23(30)26-17(12-15-8-10-18(31-4)11-9-15)14-32-27-20(22(28)29)13-16-6-5-7-19(25)21(16)27/h5-11,13,17H,12,14H2,1-4H3,(H,26,30)(H,28,29). The Morgan fingerprint density at radius 1 is 1.15 bits per heavy atom. The third-order valence-electron chi connectivity index (χ3n) is 4.72. The van der Waals surface area contributed by atoms with E-state index in [0.29, 0.717) is 28.1 Å². The van der Waals surface area contributed by atoms with Crippen molar-refractivity contribution in [2.75, 3.05) is 13.7 Å². The maximum Gasteiger partial charge on any atom is 0.408 e. The molecule has 1 aromatic heterocycles. The molecule has 0 aliphatic heterocycles. The molecule has 3 rings (SSSR count). The minimum Gasteiger partial charge on any atom is -0.497 e. The van der Waals surface area contributed by atoms with Crippen molar-refractivity contribution in [3.8, 4) is 5.75 Å². The Kier molecular flexibility index (Phi) is 7.38. The largest absolute Gasteiger partial charge is 0.497 e. The van der Waals surface area contributed by atoms with Crippen molar-refractivity contribution in [2.24, 2.45) is 0 Å². The predicted molar refractivity (Wildman–Crippen MR) is 125 cm³/mol. The summed E-state index contributed by atoms with van der Waals surface area (Å²) in [5.74, 6) is -0.444. The molecule has 0 radical (unpaired) electrons. The fourth-order valence-corrected chi connectivity index (χ4v) is 3.57. The van der Waals surface area contributed by atoms with Gasteiger partial charge < -0.3 is 24.7 Å². The topological polar surface area (TPSA) is 99.0 Å². The molecule has 176 valence electrons. The van der Waals surface area contributed by atoms with Gasteiger partial charge in [-0.2, -0.15) is 4.73 Å². The van der Waals surface area contributed by atoms with Gasteiger partial charge in [-0.3, -0.25) is 0 Å². The Morgan fingerprint density at radius 3 is 2.45 bits per heavy atom. The van der Waals surface area contributed by atoms with Crippen LogP contribution in [0.2, 0.25) is 5.02 Å². The van der Waals surface area contributed by atoms with Gasteiger partial charge >= 0.3 is 12.1 Å². The first kappa shape index (κ1) is 24.3. The van der Waals surface area contributed by atoms with E-state index in [9.17, 15) is 14.7 Å². The lowest BCUT2D eigenvalue weighted by atomic mass is 10.1. The van der Waals surface area contributed by atoms with Gasteiger partial charge in [0.1, 0.15) is 23.5 Å². The smallest absolute Gasteiger partial charge is 0.408 e. The SMILES string of the molecule is COc1ccc(CC(COn2c(C(=O)O)cc3cccc(Cl)c32)NC(=O)OC(C)(C)C)cc1. The van der Waals surface area contributed by atoms with Gasteiger partial charge in [0.15, 0.2) is 5.69 Å². The van der Waals surface area contributed by atoms with Crippen LogP contribution >= 0.6 is 11.6 Å². The first-order chi connectivity index (χ1) is 15.6. The second-order valence-corrected chi connectivity index (χ2v) is 8.91. The highest BCUT2D eigenvalue weighted by atomic mass is 35.5. The summed E-state index contributed by atoms with van der Waals surface area (Å²) in [6.07, 6.45) is -0.183. The number of ether oxygens (including phenoxy) is 2. The van der Waals surface area contributed by atoms with Crippen LogP contribution < -0.4 is 14.9 Å². The van der Waals surface area contributed by atoms with Crippen molar-refractivity contribution in [2.45, 2.75) is 38.8 Å². The summed E-state index contributed by atoms with van der Waals surface area (Å²) in [7, 11) is 1.59. The summed E-state index contributed by atoms with van der Waals surface area (Å²) < 4.78 is 11.8. The van der Waals surface area contributed by atoms with E-state index in [-0.39, 0.29) is 12.3 Å². The minimum absolute atomic E-state index is 0.0272. The summed E-state index contributed by atoms with van der Waals surface area (Å²) in [5, 5.41) is 13.4. The number of rotatable bonds is 8. The van der Waals surface area contributed by atoms with Crippen LogP contribution in [0.5, 0.6) is 5.75 Å². The third kappa shape index (κ3) is 6.32. The molecule has 3 aromatic rings. The maximum atomic E-state index is 12.4. The molecular formula is C24H27ClN2O6. The van der Waals surface area contributed by atoms with Crippen LogP contribution in [0.1, 0.15) is 36.8 Å².